The molecule has 2 fully saturated rings. The Bertz CT molecular complexity index is 295. The summed E-state index contributed by atoms with van der Waals surface area (Å²) in [6.07, 6.45) is 5.92. The number of β-amino-alcohol motifs (C(OH)–C–C–N with tert-alkyl or cyclic N) is 1. The predicted molar refractivity (Wildman–Crippen MR) is 74.1 cm³/mol. The number of Topliss-reactive ketones (excluding diaryl/α,β-unsaturated/α-hetero) is 1. The molecule has 1 heterocycles. The van der Waals surface area contributed by atoms with Gasteiger partial charge in [-0.25, -0.2) is 0 Å². The van der Waals surface area contributed by atoms with Crippen LogP contribution in [0.15, 0.2) is 0 Å². The molecule has 0 amide bonds. The minimum Gasteiger partial charge on any atom is -0.389 e. The van der Waals surface area contributed by atoms with Gasteiger partial charge in [0.05, 0.1) is 12.7 Å². The van der Waals surface area contributed by atoms with Gasteiger partial charge in [-0.2, -0.15) is 0 Å². The molecule has 1 saturated carbocycles. The lowest BCUT2D eigenvalue weighted by atomic mass is 9.88. The monoisotopic (exact) mass is 269 g/mol. The second-order valence-corrected chi connectivity index (χ2v) is 5.84. The number of hydrogen-bond acceptors (Lipinski definition) is 4. The summed E-state index contributed by atoms with van der Waals surface area (Å²) >= 11 is 0. The average Bonchev–Trinajstić information content (AvgIpc) is 2.83. The van der Waals surface area contributed by atoms with Gasteiger partial charge in [-0.15, -0.1) is 0 Å². The highest BCUT2D eigenvalue weighted by molar-refractivity contribution is 5.83. The van der Waals surface area contributed by atoms with Crippen molar-refractivity contribution in [2.75, 3.05) is 26.3 Å². The summed E-state index contributed by atoms with van der Waals surface area (Å²) in [7, 11) is 0. The van der Waals surface area contributed by atoms with E-state index in [0.29, 0.717) is 31.6 Å². The van der Waals surface area contributed by atoms with E-state index >= 15 is 0 Å². The number of ketones is 1. The van der Waals surface area contributed by atoms with Crippen LogP contribution in [0.25, 0.3) is 0 Å². The molecule has 0 aromatic heterocycles. The molecular formula is C15H27NO3. The van der Waals surface area contributed by atoms with Crippen LogP contribution in [-0.2, 0) is 9.53 Å². The molecular weight excluding hydrogens is 242 g/mol. The smallest absolute Gasteiger partial charge is 0.137 e. The van der Waals surface area contributed by atoms with Crippen molar-refractivity contribution in [3.05, 3.63) is 0 Å². The standard InChI is InChI=1S/C15H27NO3/c1-2-19-11-12(17)10-16-9-4-3-7-14(16)13-6-5-8-15(13)18/h12-14,17H,2-11H2,1H3. The van der Waals surface area contributed by atoms with E-state index in [2.05, 4.69) is 4.90 Å². The van der Waals surface area contributed by atoms with Gasteiger partial charge in [0.2, 0.25) is 0 Å². The molecule has 0 aromatic carbocycles. The van der Waals surface area contributed by atoms with Gasteiger partial charge in [0.25, 0.3) is 0 Å². The predicted octanol–water partition coefficient (Wildman–Crippen LogP) is 1.61. The zero-order chi connectivity index (χ0) is 13.7. The van der Waals surface area contributed by atoms with Gasteiger partial charge >= 0.3 is 0 Å². The van der Waals surface area contributed by atoms with Crippen LogP contribution in [0, 0.1) is 5.92 Å². The number of piperidine rings is 1. The molecule has 0 radical (unpaired) electrons. The number of ether oxygens (including phenoxy) is 1. The number of aliphatic hydroxyl groups is 1. The Morgan fingerprint density at radius 1 is 1.37 bits per heavy atom. The fraction of sp³-hybridized carbons (Fsp3) is 0.933. The lowest BCUT2D eigenvalue weighted by Gasteiger charge is -2.39. The van der Waals surface area contributed by atoms with Crippen molar-refractivity contribution in [3.63, 3.8) is 0 Å². The van der Waals surface area contributed by atoms with Crippen molar-refractivity contribution >= 4 is 5.78 Å². The first-order valence-electron chi connectivity index (χ1n) is 7.75. The Balaban J connectivity index is 1.90. The Morgan fingerprint density at radius 3 is 2.89 bits per heavy atom. The van der Waals surface area contributed by atoms with E-state index in [1.165, 1.54) is 12.8 Å². The molecule has 2 rings (SSSR count). The molecule has 3 atom stereocenters. The number of hydrogen-bond donors (Lipinski definition) is 1. The van der Waals surface area contributed by atoms with E-state index in [9.17, 15) is 9.90 Å². The number of carbonyl (C=O) groups is 1. The lowest BCUT2D eigenvalue weighted by molar-refractivity contribution is -0.123. The van der Waals surface area contributed by atoms with Gasteiger partial charge < -0.3 is 9.84 Å². The van der Waals surface area contributed by atoms with Gasteiger partial charge in [-0.1, -0.05) is 6.42 Å². The summed E-state index contributed by atoms with van der Waals surface area (Å²) in [6, 6.07) is 0.361. The average molecular weight is 269 g/mol. The zero-order valence-electron chi connectivity index (χ0n) is 12.0. The number of likely N-dealkylation sites (tertiary alicyclic amines) is 1. The van der Waals surface area contributed by atoms with E-state index < -0.39 is 6.10 Å². The topological polar surface area (TPSA) is 49.8 Å². The van der Waals surface area contributed by atoms with Crippen LogP contribution >= 0.6 is 0 Å². The molecule has 1 N–H and O–H groups in total. The Hall–Kier alpha value is -0.450. The summed E-state index contributed by atoms with van der Waals surface area (Å²) in [5.41, 5.74) is 0. The van der Waals surface area contributed by atoms with Crippen LogP contribution in [0.1, 0.15) is 45.4 Å². The highest BCUT2D eigenvalue weighted by Crippen LogP contribution is 2.32. The summed E-state index contributed by atoms with van der Waals surface area (Å²) in [4.78, 5) is 14.3. The molecule has 0 spiro atoms. The van der Waals surface area contributed by atoms with Gasteiger partial charge in [0.1, 0.15) is 5.78 Å². The summed E-state index contributed by atoms with van der Waals surface area (Å²) < 4.78 is 5.28. The largest absolute Gasteiger partial charge is 0.389 e. The maximum Gasteiger partial charge on any atom is 0.137 e. The molecule has 1 aliphatic heterocycles. The number of carbonyl (C=O) groups excluding carboxylic acids is 1. The third-order valence-electron chi connectivity index (χ3n) is 4.44. The first kappa shape index (κ1) is 14.9. The lowest BCUT2D eigenvalue weighted by Crippen LogP contribution is -2.49. The van der Waals surface area contributed by atoms with E-state index in [-0.39, 0.29) is 5.92 Å². The normalized spacial score (nSPS) is 30.7. The minimum atomic E-state index is -0.433. The minimum absolute atomic E-state index is 0.222. The summed E-state index contributed by atoms with van der Waals surface area (Å²) in [5.74, 6) is 0.663. The second-order valence-electron chi connectivity index (χ2n) is 5.84. The van der Waals surface area contributed by atoms with Crippen LogP contribution < -0.4 is 0 Å². The third kappa shape index (κ3) is 4.01. The summed E-state index contributed by atoms with van der Waals surface area (Å²) in [5, 5.41) is 10.0. The Morgan fingerprint density at radius 2 is 2.21 bits per heavy atom. The number of aliphatic hydroxyl groups excluding tert-OH is 1. The summed E-state index contributed by atoms with van der Waals surface area (Å²) in [6.45, 7) is 4.64. The van der Waals surface area contributed by atoms with Crippen LogP contribution in [0.3, 0.4) is 0 Å². The molecule has 1 saturated heterocycles. The van der Waals surface area contributed by atoms with Crippen molar-refractivity contribution in [3.8, 4) is 0 Å². The molecule has 19 heavy (non-hydrogen) atoms. The first-order valence-corrected chi connectivity index (χ1v) is 7.75. The molecule has 4 heteroatoms. The van der Waals surface area contributed by atoms with Crippen molar-refractivity contribution in [1.29, 1.82) is 0 Å². The number of rotatable bonds is 6. The first-order chi connectivity index (χ1) is 9.22. The fourth-order valence-electron chi connectivity index (χ4n) is 3.53. The quantitative estimate of drug-likeness (QED) is 0.796. The van der Waals surface area contributed by atoms with Crippen molar-refractivity contribution in [2.45, 2.75) is 57.6 Å². The fourth-order valence-corrected chi connectivity index (χ4v) is 3.53. The highest BCUT2D eigenvalue weighted by Gasteiger charge is 2.37. The highest BCUT2D eigenvalue weighted by atomic mass is 16.5. The number of nitrogens with zero attached hydrogens (tertiary/aromatic N) is 1. The SMILES string of the molecule is CCOCC(O)CN1CCCCC1C1CCCC1=O. The van der Waals surface area contributed by atoms with Gasteiger partial charge in [0.15, 0.2) is 0 Å². The van der Waals surface area contributed by atoms with Crippen molar-refractivity contribution in [1.82, 2.24) is 4.90 Å². The Labute approximate surface area is 116 Å². The molecule has 4 nitrogen and oxygen atoms in total. The van der Waals surface area contributed by atoms with Gasteiger partial charge in [-0.05, 0) is 39.2 Å². The van der Waals surface area contributed by atoms with Crippen LogP contribution in [-0.4, -0.2) is 54.2 Å². The van der Waals surface area contributed by atoms with E-state index in [1.807, 2.05) is 6.92 Å². The third-order valence-corrected chi connectivity index (χ3v) is 4.44. The van der Waals surface area contributed by atoms with Crippen molar-refractivity contribution < 1.29 is 14.6 Å². The Kier molecular flexibility index (Phi) is 5.79. The zero-order valence-corrected chi connectivity index (χ0v) is 12.0. The van der Waals surface area contributed by atoms with Gasteiger partial charge in [-0.3, -0.25) is 9.69 Å². The molecule has 2 aliphatic rings. The molecule has 0 bridgehead atoms. The molecule has 110 valence electrons. The maximum atomic E-state index is 12.0. The van der Waals surface area contributed by atoms with Crippen LogP contribution in [0.2, 0.25) is 0 Å². The molecule has 1 aliphatic carbocycles. The van der Waals surface area contributed by atoms with E-state index in [0.717, 1.165) is 32.2 Å². The van der Waals surface area contributed by atoms with Crippen LogP contribution in [0.4, 0.5) is 0 Å². The van der Waals surface area contributed by atoms with E-state index in [1.54, 1.807) is 0 Å². The van der Waals surface area contributed by atoms with Crippen LogP contribution in [0.5, 0.6) is 0 Å². The van der Waals surface area contributed by atoms with Crippen molar-refractivity contribution in [2.24, 2.45) is 5.92 Å². The molecule has 3 unspecified atom stereocenters. The molecule has 0 aromatic rings. The second kappa shape index (κ2) is 7.36. The van der Waals surface area contributed by atoms with E-state index in [4.69, 9.17) is 4.74 Å². The maximum absolute atomic E-state index is 12.0. The van der Waals surface area contributed by atoms with Gasteiger partial charge in [0, 0.05) is 31.5 Å².